The lowest BCUT2D eigenvalue weighted by Gasteiger charge is -2.25. The average Bonchev–Trinajstić information content (AvgIpc) is 2.56. The number of hydrogen-bond acceptors (Lipinski definition) is 5. The van der Waals surface area contributed by atoms with Crippen molar-refractivity contribution in [3.8, 4) is 5.75 Å². The number of likely N-dealkylation sites (N-methyl/N-ethyl adjacent to an activating group) is 1. The molecule has 0 aromatic heterocycles. The van der Waals surface area contributed by atoms with E-state index in [4.69, 9.17) is 4.74 Å². The molecule has 0 radical (unpaired) electrons. The molecule has 0 fully saturated rings. The number of benzene rings is 2. The van der Waals surface area contributed by atoms with E-state index >= 15 is 0 Å². The zero-order valence-electron chi connectivity index (χ0n) is 13.8. The summed E-state index contributed by atoms with van der Waals surface area (Å²) in [5.74, 6) is 0.799. The molecule has 0 aliphatic heterocycles. The van der Waals surface area contributed by atoms with Crippen molar-refractivity contribution in [1.82, 2.24) is 4.90 Å². The Morgan fingerprint density at radius 1 is 1.25 bits per heavy atom. The van der Waals surface area contributed by atoms with Crippen LogP contribution < -0.4 is 10.1 Å². The van der Waals surface area contributed by atoms with E-state index in [9.17, 15) is 10.1 Å². The molecular formula is C17H20BrN3O3. The van der Waals surface area contributed by atoms with Gasteiger partial charge in [0.15, 0.2) is 0 Å². The zero-order valence-corrected chi connectivity index (χ0v) is 15.4. The molecule has 1 N–H and O–H groups in total. The summed E-state index contributed by atoms with van der Waals surface area (Å²) in [5.41, 5.74) is 1.66. The Labute approximate surface area is 149 Å². The maximum atomic E-state index is 11.2. The van der Waals surface area contributed by atoms with Gasteiger partial charge in [-0.05, 0) is 43.9 Å². The van der Waals surface area contributed by atoms with Crippen LogP contribution in [0, 0.1) is 10.1 Å². The van der Waals surface area contributed by atoms with Crippen LogP contribution in [-0.2, 0) is 0 Å². The molecule has 7 heteroatoms. The van der Waals surface area contributed by atoms with Crippen LogP contribution in [0.1, 0.15) is 11.6 Å². The standard InChI is InChI=1S/C17H20BrN3O3/c1-20(2)17(12-4-7-14(24-3)8-5-12)11-19-15-9-6-13(18)10-16(15)21(22)23/h4-10,17,19H,11H2,1-3H3. The Bertz CT molecular complexity index is 705. The van der Waals surface area contributed by atoms with Crippen molar-refractivity contribution in [3.05, 3.63) is 62.6 Å². The number of halogens is 1. The first-order valence-corrected chi connectivity index (χ1v) is 8.20. The molecule has 2 rings (SSSR count). The molecule has 0 aliphatic rings. The van der Waals surface area contributed by atoms with Crippen LogP contribution in [0.2, 0.25) is 0 Å². The van der Waals surface area contributed by atoms with Crippen LogP contribution in [0.3, 0.4) is 0 Å². The fourth-order valence-electron chi connectivity index (χ4n) is 2.44. The number of nitrogens with zero attached hydrogens (tertiary/aromatic N) is 2. The summed E-state index contributed by atoms with van der Waals surface area (Å²) >= 11 is 3.27. The van der Waals surface area contributed by atoms with Gasteiger partial charge in [-0.3, -0.25) is 10.1 Å². The zero-order chi connectivity index (χ0) is 17.7. The van der Waals surface area contributed by atoms with Gasteiger partial charge in [-0.15, -0.1) is 0 Å². The largest absolute Gasteiger partial charge is 0.497 e. The van der Waals surface area contributed by atoms with Crippen LogP contribution in [0.25, 0.3) is 0 Å². The average molecular weight is 394 g/mol. The third kappa shape index (κ3) is 4.46. The van der Waals surface area contributed by atoms with Gasteiger partial charge in [0.25, 0.3) is 5.69 Å². The third-order valence-corrected chi connectivity index (χ3v) is 4.26. The van der Waals surface area contributed by atoms with Gasteiger partial charge >= 0.3 is 0 Å². The smallest absolute Gasteiger partial charge is 0.293 e. The second kappa shape index (κ2) is 8.12. The van der Waals surface area contributed by atoms with Crippen LogP contribution in [0.4, 0.5) is 11.4 Å². The first kappa shape index (κ1) is 18.2. The lowest BCUT2D eigenvalue weighted by molar-refractivity contribution is -0.384. The monoisotopic (exact) mass is 393 g/mol. The molecular weight excluding hydrogens is 374 g/mol. The number of rotatable bonds is 7. The minimum absolute atomic E-state index is 0.0524. The van der Waals surface area contributed by atoms with Crippen molar-refractivity contribution in [2.24, 2.45) is 0 Å². The summed E-state index contributed by atoms with van der Waals surface area (Å²) in [6, 6.07) is 12.9. The number of hydrogen-bond donors (Lipinski definition) is 1. The highest BCUT2D eigenvalue weighted by Gasteiger charge is 2.18. The predicted molar refractivity (Wildman–Crippen MR) is 98.7 cm³/mol. The van der Waals surface area contributed by atoms with Crippen LogP contribution in [0.15, 0.2) is 46.9 Å². The number of nitrogens with one attached hydrogen (secondary N) is 1. The summed E-state index contributed by atoms with van der Waals surface area (Å²) < 4.78 is 5.86. The van der Waals surface area contributed by atoms with Gasteiger partial charge in [0.05, 0.1) is 18.1 Å². The molecule has 0 bridgehead atoms. The molecule has 128 valence electrons. The number of ether oxygens (including phenoxy) is 1. The third-order valence-electron chi connectivity index (χ3n) is 3.77. The van der Waals surface area contributed by atoms with E-state index < -0.39 is 0 Å². The van der Waals surface area contributed by atoms with Gasteiger partial charge < -0.3 is 15.0 Å². The first-order chi connectivity index (χ1) is 11.4. The fourth-order valence-corrected chi connectivity index (χ4v) is 2.79. The Kier molecular flexibility index (Phi) is 6.16. The van der Waals surface area contributed by atoms with E-state index in [0.717, 1.165) is 11.3 Å². The Morgan fingerprint density at radius 3 is 2.46 bits per heavy atom. The molecule has 0 amide bonds. The number of nitro groups is 1. The van der Waals surface area contributed by atoms with Crippen molar-refractivity contribution >= 4 is 27.3 Å². The quantitative estimate of drug-likeness (QED) is 0.566. The number of nitro benzene ring substituents is 1. The van der Waals surface area contributed by atoms with Gasteiger partial charge in [0.2, 0.25) is 0 Å². The summed E-state index contributed by atoms with van der Waals surface area (Å²) in [6.45, 7) is 0.543. The second-order valence-electron chi connectivity index (χ2n) is 5.55. The first-order valence-electron chi connectivity index (χ1n) is 7.40. The molecule has 0 saturated carbocycles. The Balaban J connectivity index is 2.19. The molecule has 0 heterocycles. The number of methoxy groups -OCH3 is 1. The summed E-state index contributed by atoms with van der Waals surface area (Å²) in [6.07, 6.45) is 0. The highest BCUT2D eigenvalue weighted by molar-refractivity contribution is 9.10. The normalized spacial score (nSPS) is 12.0. The SMILES string of the molecule is COc1ccc(C(CNc2ccc(Br)cc2[N+](=O)[O-])N(C)C)cc1. The molecule has 2 aromatic rings. The van der Waals surface area contributed by atoms with Gasteiger partial charge in [-0.1, -0.05) is 28.1 Å². The van der Waals surface area contributed by atoms with Gasteiger partial charge in [0.1, 0.15) is 11.4 Å². The van der Waals surface area contributed by atoms with Crippen molar-refractivity contribution in [2.75, 3.05) is 33.1 Å². The van der Waals surface area contributed by atoms with E-state index in [1.807, 2.05) is 38.4 Å². The second-order valence-corrected chi connectivity index (χ2v) is 6.47. The molecule has 2 aromatic carbocycles. The van der Waals surface area contributed by atoms with E-state index in [2.05, 4.69) is 26.1 Å². The van der Waals surface area contributed by atoms with Crippen molar-refractivity contribution in [2.45, 2.75) is 6.04 Å². The fraction of sp³-hybridized carbons (Fsp3) is 0.294. The molecule has 24 heavy (non-hydrogen) atoms. The minimum atomic E-state index is -0.384. The van der Waals surface area contributed by atoms with Crippen LogP contribution >= 0.6 is 15.9 Å². The predicted octanol–water partition coefficient (Wildman–Crippen LogP) is 4.08. The Hall–Kier alpha value is -2.12. The van der Waals surface area contributed by atoms with Crippen molar-refractivity contribution in [3.63, 3.8) is 0 Å². The topological polar surface area (TPSA) is 67.6 Å². The van der Waals surface area contributed by atoms with Gasteiger partial charge in [0, 0.05) is 17.1 Å². The molecule has 0 saturated heterocycles. The summed E-state index contributed by atoms with van der Waals surface area (Å²) in [7, 11) is 5.59. The Morgan fingerprint density at radius 2 is 1.92 bits per heavy atom. The van der Waals surface area contributed by atoms with E-state index in [0.29, 0.717) is 16.7 Å². The van der Waals surface area contributed by atoms with Gasteiger partial charge in [-0.25, -0.2) is 0 Å². The lowest BCUT2D eigenvalue weighted by atomic mass is 10.1. The van der Waals surface area contributed by atoms with Crippen LogP contribution in [0.5, 0.6) is 5.75 Å². The minimum Gasteiger partial charge on any atom is -0.497 e. The van der Waals surface area contributed by atoms with E-state index in [1.165, 1.54) is 6.07 Å². The summed E-state index contributed by atoms with van der Waals surface area (Å²) in [4.78, 5) is 12.9. The summed E-state index contributed by atoms with van der Waals surface area (Å²) in [5, 5.41) is 14.4. The van der Waals surface area contributed by atoms with E-state index in [1.54, 1.807) is 19.2 Å². The van der Waals surface area contributed by atoms with Crippen molar-refractivity contribution in [1.29, 1.82) is 0 Å². The van der Waals surface area contributed by atoms with Crippen LogP contribution in [-0.4, -0.2) is 37.6 Å². The highest BCUT2D eigenvalue weighted by Crippen LogP contribution is 2.29. The van der Waals surface area contributed by atoms with Gasteiger partial charge in [-0.2, -0.15) is 0 Å². The molecule has 6 nitrogen and oxygen atoms in total. The molecule has 1 atom stereocenters. The van der Waals surface area contributed by atoms with Crippen molar-refractivity contribution < 1.29 is 9.66 Å². The molecule has 0 spiro atoms. The maximum Gasteiger partial charge on any atom is 0.293 e. The maximum absolute atomic E-state index is 11.2. The van der Waals surface area contributed by atoms with E-state index in [-0.39, 0.29) is 16.7 Å². The number of anilines is 1. The molecule has 0 aliphatic carbocycles. The highest BCUT2D eigenvalue weighted by atomic mass is 79.9. The lowest BCUT2D eigenvalue weighted by Crippen LogP contribution is -2.27. The molecule has 1 unspecified atom stereocenters.